The number of rotatable bonds is 5. The lowest BCUT2D eigenvalue weighted by Crippen LogP contribution is -2.41. The van der Waals surface area contributed by atoms with E-state index in [1.807, 2.05) is 0 Å². The largest absolute Gasteiger partial charge is 0.350 e. The van der Waals surface area contributed by atoms with E-state index >= 15 is 0 Å². The van der Waals surface area contributed by atoms with Crippen LogP contribution in [0.4, 0.5) is 0 Å². The third-order valence-corrected chi connectivity index (χ3v) is 3.59. The van der Waals surface area contributed by atoms with Gasteiger partial charge in [0.2, 0.25) is 0 Å². The topological polar surface area (TPSA) is 58.2 Å². The molecule has 0 aromatic heterocycles. The molecule has 0 saturated heterocycles. The smallest absolute Gasteiger partial charge is 0.251 e. The van der Waals surface area contributed by atoms with Gasteiger partial charge in [-0.25, -0.2) is 0 Å². The third kappa shape index (κ3) is 5.27. The molecule has 2 aromatic carbocycles. The van der Waals surface area contributed by atoms with Gasteiger partial charge in [-0.05, 0) is 43.3 Å². The quantitative estimate of drug-likeness (QED) is 0.866. The van der Waals surface area contributed by atoms with Gasteiger partial charge >= 0.3 is 0 Å². The lowest BCUT2D eigenvalue weighted by Gasteiger charge is -2.15. The Hall–Kier alpha value is -2.04. The lowest BCUT2D eigenvalue weighted by atomic mass is 10.2. The summed E-state index contributed by atoms with van der Waals surface area (Å²) in [7, 11) is 0. The summed E-state index contributed by atoms with van der Waals surface area (Å²) in [6, 6.07) is 13.1. The lowest BCUT2D eigenvalue weighted by molar-refractivity contribution is 0.0912. The van der Waals surface area contributed by atoms with Crippen LogP contribution in [0.15, 0.2) is 48.5 Å². The second-order valence-corrected chi connectivity index (χ2v) is 5.98. The average Bonchev–Trinajstić information content (AvgIpc) is 2.52. The summed E-state index contributed by atoms with van der Waals surface area (Å²) in [6.07, 6.45) is 0. The summed E-state index contributed by atoms with van der Waals surface area (Å²) in [6.45, 7) is 2.11. The molecule has 0 spiro atoms. The number of nitrogens with one attached hydrogen (secondary N) is 2. The second-order valence-electron chi connectivity index (χ2n) is 5.11. The van der Waals surface area contributed by atoms with Gasteiger partial charge in [0.15, 0.2) is 0 Å². The minimum Gasteiger partial charge on any atom is -0.350 e. The number of hydrogen-bond donors (Lipinski definition) is 2. The van der Waals surface area contributed by atoms with Gasteiger partial charge < -0.3 is 10.6 Å². The Morgan fingerprint density at radius 2 is 1.48 bits per heavy atom. The van der Waals surface area contributed by atoms with Crippen LogP contribution in [0.2, 0.25) is 10.0 Å². The standard InChI is InChI=1S/C17H16Cl2N2O2/c1-11(21-17(23)13-5-3-7-15(19)9-13)10-20-16(22)12-4-2-6-14(18)8-12/h2-9,11H,10H2,1H3,(H,20,22)(H,21,23). The van der Waals surface area contributed by atoms with E-state index in [0.29, 0.717) is 27.7 Å². The molecule has 4 nitrogen and oxygen atoms in total. The highest BCUT2D eigenvalue weighted by molar-refractivity contribution is 6.31. The molecule has 6 heteroatoms. The number of carbonyl (C=O) groups excluding carboxylic acids is 2. The number of amides is 2. The third-order valence-electron chi connectivity index (χ3n) is 3.12. The molecule has 0 aliphatic carbocycles. The van der Waals surface area contributed by atoms with Crippen molar-refractivity contribution in [3.8, 4) is 0 Å². The van der Waals surface area contributed by atoms with E-state index in [1.54, 1.807) is 55.5 Å². The molecule has 1 atom stereocenters. The fourth-order valence-corrected chi connectivity index (χ4v) is 2.35. The van der Waals surface area contributed by atoms with Gasteiger partial charge in [-0.1, -0.05) is 35.3 Å². The first-order valence-electron chi connectivity index (χ1n) is 7.06. The van der Waals surface area contributed by atoms with Gasteiger partial charge in [-0.3, -0.25) is 9.59 Å². The maximum absolute atomic E-state index is 12.1. The van der Waals surface area contributed by atoms with E-state index in [2.05, 4.69) is 10.6 Å². The maximum atomic E-state index is 12.1. The summed E-state index contributed by atoms with van der Waals surface area (Å²) in [5.41, 5.74) is 0.955. The number of hydrogen-bond acceptors (Lipinski definition) is 2. The highest BCUT2D eigenvalue weighted by atomic mass is 35.5. The van der Waals surface area contributed by atoms with Gasteiger partial charge in [-0.2, -0.15) is 0 Å². The van der Waals surface area contributed by atoms with Crippen LogP contribution >= 0.6 is 23.2 Å². The molecule has 120 valence electrons. The zero-order chi connectivity index (χ0) is 16.8. The van der Waals surface area contributed by atoms with Crippen LogP contribution in [0.1, 0.15) is 27.6 Å². The number of carbonyl (C=O) groups is 2. The molecule has 2 amide bonds. The van der Waals surface area contributed by atoms with Crippen LogP contribution in [-0.4, -0.2) is 24.4 Å². The van der Waals surface area contributed by atoms with E-state index in [9.17, 15) is 9.59 Å². The first-order chi connectivity index (χ1) is 11.0. The molecule has 0 radical (unpaired) electrons. The van der Waals surface area contributed by atoms with Gasteiger partial charge in [0.05, 0.1) is 0 Å². The second kappa shape index (κ2) is 7.99. The summed E-state index contributed by atoms with van der Waals surface area (Å²) < 4.78 is 0. The van der Waals surface area contributed by atoms with E-state index in [1.165, 1.54) is 0 Å². The molecular weight excluding hydrogens is 335 g/mol. The van der Waals surface area contributed by atoms with Gasteiger partial charge in [0, 0.05) is 33.8 Å². The predicted octanol–water partition coefficient (Wildman–Crippen LogP) is 3.54. The highest BCUT2D eigenvalue weighted by Crippen LogP contribution is 2.11. The van der Waals surface area contributed by atoms with Crippen LogP contribution < -0.4 is 10.6 Å². The highest BCUT2D eigenvalue weighted by Gasteiger charge is 2.12. The molecule has 2 N–H and O–H groups in total. The summed E-state index contributed by atoms with van der Waals surface area (Å²) in [4.78, 5) is 24.1. The van der Waals surface area contributed by atoms with Gasteiger partial charge in [0.1, 0.15) is 0 Å². The van der Waals surface area contributed by atoms with Crippen molar-refractivity contribution in [1.82, 2.24) is 10.6 Å². The van der Waals surface area contributed by atoms with Crippen molar-refractivity contribution in [3.63, 3.8) is 0 Å². The summed E-state index contributed by atoms with van der Waals surface area (Å²) in [5.74, 6) is -0.478. The Bertz CT molecular complexity index is 719. The Morgan fingerprint density at radius 3 is 2.00 bits per heavy atom. The number of benzene rings is 2. The van der Waals surface area contributed by atoms with E-state index < -0.39 is 0 Å². The van der Waals surface area contributed by atoms with Crippen molar-refractivity contribution >= 4 is 35.0 Å². The van der Waals surface area contributed by atoms with Crippen LogP contribution in [-0.2, 0) is 0 Å². The van der Waals surface area contributed by atoms with Crippen molar-refractivity contribution in [1.29, 1.82) is 0 Å². The molecule has 23 heavy (non-hydrogen) atoms. The minimum absolute atomic E-state index is 0.232. The first-order valence-corrected chi connectivity index (χ1v) is 7.81. The normalized spacial score (nSPS) is 11.6. The average molecular weight is 351 g/mol. The monoisotopic (exact) mass is 350 g/mol. The van der Waals surface area contributed by atoms with Crippen LogP contribution in [0.5, 0.6) is 0 Å². The van der Waals surface area contributed by atoms with Crippen LogP contribution in [0.3, 0.4) is 0 Å². The molecule has 0 saturated carbocycles. The fourth-order valence-electron chi connectivity index (χ4n) is 1.97. The summed E-state index contributed by atoms with van der Waals surface area (Å²) in [5, 5.41) is 6.56. The van der Waals surface area contributed by atoms with Crippen molar-refractivity contribution in [2.45, 2.75) is 13.0 Å². The maximum Gasteiger partial charge on any atom is 0.251 e. The van der Waals surface area contributed by atoms with Crippen molar-refractivity contribution in [2.75, 3.05) is 6.54 Å². The van der Waals surface area contributed by atoms with Crippen LogP contribution in [0, 0.1) is 0 Å². The molecule has 0 heterocycles. The zero-order valence-electron chi connectivity index (χ0n) is 12.5. The Balaban J connectivity index is 1.86. The minimum atomic E-state index is -0.239. The van der Waals surface area contributed by atoms with Gasteiger partial charge in [-0.15, -0.1) is 0 Å². The summed E-state index contributed by atoms with van der Waals surface area (Å²) >= 11 is 11.7. The van der Waals surface area contributed by atoms with Crippen LogP contribution in [0.25, 0.3) is 0 Å². The molecule has 0 bridgehead atoms. The zero-order valence-corrected chi connectivity index (χ0v) is 14.0. The molecule has 0 fully saturated rings. The van der Waals surface area contributed by atoms with E-state index in [-0.39, 0.29) is 17.9 Å². The molecule has 2 rings (SSSR count). The molecule has 0 aliphatic rings. The Labute approximate surface area is 144 Å². The van der Waals surface area contributed by atoms with E-state index in [4.69, 9.17) is 23.2 Å². The predicted molar refractivity (Wildman–Crippen MR) is 92.2 cm³/mol. The van der Waals surface area contributed by atoms with Crippen molar-refractivity contribution < 1.29 is 9.59 Å². The molecule has 0 aliphatic heterocycles. The van der Waals surface area contributed by atoms with Crippen molar-refractivity contribution in [3.05, 3.63) is 69.7 Å². The SMILES string of the molecule is CC(CNC(=O)c1cccc(Cl)c1)NC(=O)c1cccc(Cl)c1. The Kier molecular flexibility index (Phi) is 6.02. The number of halogens is 2. The van der Waals surface area contributed by atoms with E-state index in [0.717, 1.165) is 0 Å². The first kappa shape index (κ1) is 17.3. The fraction of sp³-hybridized carbons (Fsp3) is 0.176. The molecule has 1 unspecified atom stereocenters. The van der Waals surface area contributed by atoms with Crippen molar-refractivity contribution in [2.24, 2.45) is 0 Å². The molecule has 2 aromatic rings. The molecular formula is C17H16Cl2N2O2. The Morgan fingerprint density at radius 1 is 0.957 bits per heavy atom. The van der Waals surface area contributed by atoms with Gasteiger partial charge in [0.25, 0.3) is 11.8 Å².